The second kappa shape index (κ2) is 12.3. The number of rotatable bonds is 4. The quantitative estimate of drug-likeness (QED) is 0.174. The fraction of sp³-hybridized carbons (Fsp3) is 0.0741. The largest absolute Gasteiger partial charge is 0.334 e. The summed E-state index contributed by atoms with van der Waals surface area (Å²) in [5.41, 5.74) is 13.9. The molecule has 3 aromatic heterocycles. The topological polar surface area (TPSA) is 13.1 Å². The van der Waals surface area contributed by atoms with E-state index in [1.807, 2.05) is 11.3 Å². The molecule has 4 heterocycles. The molecule has 0 radical (unpaired) electrons. The molecule has 2 aliphatic carbocycles. The smallest absolute Gasteiger partial charge is 0.0626 e. The van der Waals surface area contributed by atoms with Crippen LogP contribution in [0.15, 0.2) is 199 Å². The Morgan fingerprint density at radius 3 is 1.81 bits per heavy atom. The Kier molecular flexibility index (Phi) is 6.84. The average molecular weight is 760 g/mol. The van der Waals surface area contributed by atoms with Gasteiger partial charge >= 0.3 is 0 Å². The monoisotopic (exact) mass is 759 g/mol. The summed E-state index contributed by atoms with van der Waals surface area (Å²) in [5, 5.41) is 7.71. The van der Waals surface area contributed by atoms with E-state index in [0.29, 0.717) is 12.0 Å². The van der Waals surface area contributed by atoms with Gasteiger partial charge in [-0.25, -0.2) is 0 Å². The van der Waals surface area contributed by atoms with E-state index >= 15 is 0 Å². The lowest BCUT2D eigenvalue weighted by molar-refractivity contribution is 0.658. The Bertz CT molecular complexity index is 3440. The number of hydrogen-bond donors (Lipinski definition) is 0. The molecule has 3 aliphatic rings. The number of allylic oxidation sites excluding steroid dienone is 4. The molecule has 0 saturated heterocycles. The van der Waals surface area contributed by atoms with Gasteiger partial charge in [-0.2, -0.15) is 0 Å². The van der Waals surface area contributed by atoms with Crippen molar-refractivity contribution in [1.82, 2.24) is 9.13 Å². The molecule has 0 saturated carbocycles. The Morgan fingerprint density at radius 2 is 1.07 bits per heavy atom. The Hall–Kier alpha value is -6.88. The molecule has 0 bridgehead atoms. The minimum atomic E-state index is 0.328. The zero-order chi connectivity index (χ0) is 37.9. The van der Waals surface area contributed by atoms with Crippen molar-refractivity contribution in [3.63, 3.8) is 0 Å². The first-order valence-electron chi connectivity index (χ1n) is 20.4. The summed E-state index contributed by atoms with van der Waals surface area (Å²) >= 11 is 1.89. The van der Waals surface area contributed by atoms with Crippen LogP contribution in [0.3, 0.4) is 0 Å². The molecule has 274 valence electrons. The summed E-state index contributed by atoms with van der Waals surface area (Å²) in [7, 11) is 0. The third kappa shape index (κ3) is 4.61. The van der Waals surface area contributed by atoms with Gasteiger partial charge in [-0.3, -0.25) is 0 Å². The van der Waals surface area contributed by atoms with Crippen LogP contribution in [0.5, 0.6) is 0 Å². The highest BCUT2D eigenvalue weighted by molar-refractivity contribution is 7.25. The molecule has 2 atom stereocenters. The van der Waals surface area contributed by atoms with Crippen molar-refractivity contribution in [2.75, 3.05) is 4.90 Å². The fourth-order valence-corrected chi connectivity index (χ4v) is 11.4. The van der Waals surface area contributed by atoms with Crippen LogP contribution in [0.4, 0.5) is 5.69 Å². The summed E-state index contributed by atoms with van der Waals surface area (Å²) in [6.45, 7) is 0. The van der Waals surface area contributed by atoms with E-state index in [1.165, 1.54) is 97.7 Å². The molecule has 0 amide bonds. The van der Waals surface area contributed by atoms with Crippen LogP contribution in [-0.4, -0.2) is 15.2 Å². The number of para-hydroxylation sites is 3. The molecule has 0 spiro atoms. The van der Waals surface area contributed by atoms with Crippen LogP contribution in [0.2, 0.25) is 0 Å². The highest BCUT2D eigenvalue weighted by atomic mass is 32.1. The number of benzene rings is 7. The maximum absolute atomic E-state index is 2.59. The zero-order valence-corrected chi connectivity index (χ0v) is 32.5. The van der Waals surface area contributed by atoms with E-state index in [0.717, 1.165) is 12.8 Å². The minimum absolute atomic E-state index is 0.328. The third-order valence-electron chi connectivity index (χ3n) is 12.9. The van der Waals surface area contributed by atoms with E-state index in [1.54, 1.807) is 5.57 Å². The van der Waals surface area contributed by atoms with Gasteiger partial charge in [0.1, 0.15) is 0 Å². The second-order valence-corrected chi connectivity index (χ2v) is 17.1. The van der Waals surface area contributed by atoms with E-state index in [2.05, 4.69) is 202 Å². The molecule has 0 N–H and O–H groups in total. The van der Waals surface area contributed by atoms with Gasteiger partial charge < -0.3 is 14.0 Å². The zero-order valence-electron chi connectivity index (χ0n) is 31.7. The normalized spacial score (nSPS) is 17.6. The van der Waals surface area contributed by atoms with Gasteiger partial charge in [0, 0.05) is 70.4 Å². The summed E-state index contributed by atoms with van der Waals surface area (Å²) < 4.78 is 7.51. The molecule has 4 heteroatoms. The van der Waals surface area contributed by atoms with Gasteiger partial charge in [-0.1, -0.05) is 103 Å². The predicted molar refractivity (Wildman–Crippen MR) is 247 cm³/mol. The number of anilines is 1. The van der Waals surface area contributed by atoms with Crippen molar-refractivity contribution in [1.29, 1.82) is 0 Å². The molecule has 3 nitrogen and oxygen atoms in total. The van der Waals surface area contributed by atoms with Crippen molar-refractivity contribution >= 4 is 80.8 Å². The number of thiophene rings is 1. The second-order valence-electron chi connectivity index (χ2n) is 16.0. The number of fused-ring (bicyclic) bond motifs is 11. The minimum Gasteiger partial charge on any atom is -0.334 e. The lowest BCUT2D eigenvalue weighted by atomic mass is 9.87. The van der Waals surface area contributed by atoms with Crippen LogP contribution in [0.1, 0.15) is 12.8 Å². The highest BCUT2D eigenvalue weighted by Gasteiger charge is 2.39. The molecule has 1 aliphatic heterocycles. The molecule has 10 aromatic rings. The molecule has 13 rings (SSSR count). The highest BCUT2D eigenvalue weighted by Crippen LogP contribution is 2.47. The summed E-state index contributed by atoms with van der Waals surface area (Å²) in [6, 6.07) is 56.9. The van der Waals surface area contributed by atoms with Crippen molar-refractivity contribution in [2.24, 2.45) is 5.92 Å². The van der Waals surface area contributed by atoms with Gasteiger partial charge in [-0.05, 0) is 114 Å². The molecule has 2 unspecified atom stereocenters. The lowest BCUT2D eigenvalue weighted by Crippen LogP contribution is -2.32. The van der Waals surface area contributed by atoms with Gasteiger partial charge in [0.25, 0.3) is 0 Å². The van der Waals surface area contributed by atoms with Crippen LogP contribution in [-0.2, 0) is 0 Å². The van der Waals surface area contributed by atoms with Gasteiger partial charge in [-0.15, -0.1) is 11.3 Å². The van der Waals surface area contributed by atoms with Crippen LogP contribution in [0, 0.1) is 5.92 Å². The Balaban J connectivity index is 0.937. The maximum Gasteiger partial charge on any atom is 0.0626 e. The first-order chi connectivity index (χ1) is 28.8. The Labute approximate surface area is 340 Å². The molecular weight excluding hydrogens is 723 g/mol. The summed E-state index contributed by atoms with van der Waals surface area (Å²) in [5.74, 6) is 0.450. The first kappa shape index (κ1) is 32.2. The standard InChI is InChI=1S/C54H37N3S/c1-6-19-47-39(14-1)40-15-2-7-20-48(40)55(47)36-13-11-12-34(30-36)35-24-27-52-44(31-35)43-18-5-10-23-51(43)57(52)38-26-29-54-46(33-38)45-32-37(25-28-53(45)58-54)56-49-21-8-3-16-41(49)42-17-4-9-22-50(42)56/h1-3,5-16,18-33,41,49H,4,17H2. The van der Waals surface area contributed by atoms with E-state index in [4.69, 9.17) is 0 Å². The summed E-state index contributed by atoms with van der Waals surface area (Å²) in [4.78, 5) is 2.59. The maximum atomic E-state index is 2.59. The van der Waals surface area contributed by atoms with Crippen LogP contribution < -0.4 is 4.90 Å². The predicted octanol–water partition coefficient (Wildman–Crippen LogP) is 14.5. The van der Waals surface area contributed by atoms with Gasteiger partial charge in [0.15, 0.2) is 0 Å². The SMILES string of the molecule is C1=CC2C3=C(C=CCC3)N(c3ccc4sc5ccc(-n6c7ccccc7c7cc(-c8cccc(-n9c%10ccccc%10c%10ccccc%109)c8)ccc76)cc5c4c3)C2C=C1. The van der Waals surface area contributed by atoms with Crippen molar-refractivity contribution < 1.29 is 0 Å². The lowest BCUT2D eigenvalue weighted by Gasteiger charge is -2.30. The molecular formula is C54H37N3S. The van der Waals surface area contributed by atoms with E-state index in [9.17, 15) is 0 Å². The fourth-order valence-electron chi connectivity index (χ4n) is 10.4. The first-order valence-corrected chi connectivity index (χ1v) is 21.2. The van der Waals surface area contributed by atoms with Gasteiger partial charge in [0.05, 0.1) is 28.1 Å². The Morgan fingerprint density at radius 1 is 0.466 bits per heavy atom. The van der Waals surface area contributed by atoms with E-state index < -0.39 is 0 Å². The third-order valence-corrected chi connectivity index (χ3v) is 14.1. The molecule has 7 aromatic carbocycles. The van der Waals surface area contributed by atoms with E-state index in [-0.39, 0.29) is 0 Å². The number of nitrogens with zero attached hydrogens (tertiary/aromatic N) is 3. The number of aromatic nitrogens is 2. The van der Waals surface area contributed by atoms with Crippen molar-refractivity contribution in [3.05, 3.63) is 199 Å². The molecule has 58 heavy (non-hydrogen) atoms. The number of hydrogen-bond acceptors (Lipinski definition) is 2. The van der Waals surface area contributed by atoms with Gasteiger partial charge in [0.2, 0.25) is 0 Å². The van der Waals surface area contributed by atoms with Crippen LogP contribution in [0.25, 0.3) is 86.3 Å². The van der Waals surface area contributed by atoms with Crippen LogP contribution >= 0.6 is 11.3 Å². The average Bonchev–Trinajstić information content (AvgIpc) is 4.02. The van der Waals surface area contributed by atoms with Crippen molar-refractivity contribution in [3.8, 4) is 22.5 Å². The molecule has 0 fully saturated rings. The van der Waals surface area contributed by atoms with Crippen molar-refractivity contribution in [2.45, 2.75) is 18.9 Å². The summed E-state index contributed by atoms with van der Waals surface area (Å²) in [6.07, 6.45) is 16.2.